The quantitative estimate of drug-likeness (QED) is 0.117. The third kappa shape index (κ3) is 6.13. The Labute approximate surface area is 267 Å². The molecule has 2 heterocycles. The number of thiazole rings is 1. The van der Waals surface area contributed by atoms with Crippen molar-refractivity contribution in [1.29, 1.82) is 0 Å². The molecule has 0 N–H and O–H groups in total. The van der Waals surface area contributed by atoms with Crippen molar-refractivity contribution in [2.45, 2.75) is 13.0 Å². The summed E-state index contributed by atoms with van der Waals surface area (Å²) in [6, 6.07) is 19.6. The second-order valence-electron chi connectivity index (χ2n) is 8.89. The molecule has 1 atom stereocenters. The van der Waals surface area contributed by atoms with Crippen LogP contribution in [-0.4, -0.2) is 23.8 Å². The summed E-state index contributed by atoms with van der Waals surface area (Å²) in [5, 5.41) is 0.544. The normalized spacial score (nSPS) is 14.8. The van der Waals surface area contributed by atoms with Gasteiger partial charge in [-0.25, -0.2) is 9.79 Å². The molecular formula is C31H23BrClIN2O4S. The number of ether oxygens (including phenoxy) is 2. The summed E-state index contributed by atoms with van der Waals surface area (Å²) in [5.74, 6) is 0.108. The Morgan fingerprint density at radius 2 is 1.93 bits per heavy atom. The molecule has 1 aliphatic heterocycles. The largest absolute Gasteiger partial charge is 0.488 e. The molecule has 0 saturated carbocycles. The maximum Gasteiger partial charge on any atom is 0.338 e. The van der Waals surface area contributed by atoms with Gasteiger partial charge in [-0.05, 0) is 65.4 Å². The Balaban J connectivity index is 1.82. The number of rotatable bonds is 8. The summed E-state index contributed by atoms with van der Waals surface area (Å²) in [5.41, 5.74) is 2.64. The van der Waals surface area contributed by atoms with E-state index in [1.807, 2.05) is 54.6 Å². The predicted molar refractivity (Wildman–Crippen MR) is 175 cm³/mol. The van der Waals surface area contributed by atoms with E-state index in [0.29, 0.717) is 38.0 Å². The Morgan fingerprint density at radius 3 is 2.61 bits per heavy atom. The van der Waals surface area contributed by atoms with Gasteiger partial charge in [0.25, 0.3) is 5.56 Å². The summed E-state index contributed by atoms with van der Waals surface area (Å²) in [4.78, 5) is 33.0. The van der Waals surface area contributed by atoms with Gasteiger partial charge < -0.3 is 9.47 Å². The molecule has 0 aliphatic carbocycles. The first-order chi connectivity index (χ1) is 19.8. The number of halogens is 3. The molecule has 208 valence electrons. The molecule has 41 heavy (non-hydrogen) atoms. The van der Waals surface area contributed by atoms with Gasteiger partial charge >= 0.3 is 5.97 Å². The number of fused-ring (bicyclic) bond motifs is 1. The molecule has 0 bridgehead atoms. The lowest BCUT2D eigenvalue weighted by molar-refractivity contribution is -0.138. The lowest BCUT2D eigenvalue weighted by atomic mass is 9.93. The maximum atomic E-state index is 14.1. The van der Waals surface area contributed by atoms with Crippen LogP contribution in [-0.2, 0) is 9.53 Å². The maximum absolute atomic E-state index is 14.1. The van der Waals surface area contributed by atoms with E-state index in [9.17, 15) is 9.59 Å². The topological polar surface area (TPSA) is 69.9 Å². The molecule has 5 rings (SSSR count). The van der Waals surface area contributed by atoms with E-state index in [2.05, 4.69) is 45.1 Å². The minimum Gasteiger partial charge on any atom is -0.488 e. The van der Waals surface area contributed by atoms with Crippen molar-refractivity contribution in [2.24, 2.45) is 4.99 Å². The number of carbonyl (C=O) groups is 1. The average molecular weight is 762 g/mol. The van der Waals surface area contributed by atoms with E-state index in [4.69, 9.17) is 26.1 Å². The zero-order valence-electron chi connectivity index (χ0n) is 21.8. The number of aromatic nitrogens is 1. The Hall–Kier alpha value is -2.99. The van der Waals surface area contributed by atoms with Crippen molar-refractivity contribution in [3.05, 3.63) is 134 Å². The van der Waals surface area contributed by atoms with Gasteiger partial charge in [0, 0.05) is 20.6 Å². The van der Waals surface area contributed by atoms with Crippen molar-refractivity contribution in [1.82, 2.24) is 4.57 Å². The fraction of sp³-hybridized carbons (Fsp3) is 0.129. The van der Waals surface area contributed by atoms with Gasteiger partial charge in [-0.1, -0.05) is 94.0 Å². The second kappa shape index (κ2) is 12.9. The van der Waals surface area contributed by atoms with Gasteiger partial charge in [-0.15, -0.1) is 0 Å². The van der Waals surface area contributed by atoms with Crippen LogP contribution in [0.1, 0.15) is 29.7 Å². The van der Waals surface area contributed by atoms with Crippen LogP contribution in [0.5, 0.6) is 5.75 Å². The third-order valence-electron chi connectivity index (χ3n) is 6.23. The molecular weight excluding hydrogens is 739 g/mol. The molecule has 0 amide bonds. The van der Waals surface area contributed by atoms with Crippen molar-refractivity contribution in [3.63, 3.8) is 0 Å². The van der Waals surface area contributed by atoms with Crippen LogP contribution < -0.4 is 19.6 Å². The molecule has 0 radical (unpaired) electrons. The van der Waals surface area contributed by atoms with Crippen molar-refractivity contribution < 1.29 is 14.3 Å². The second-order valence-corrected chi connectivity index (χ2v) is 12.4. The molecule has 0 fully saturated rings. The summed E-state index contributed by atoms with van der Waals surface area (Å²) >= 11 is 13.2. The van der Waals surface area contributed by atoms with Crippen LogP contribution in [0.25, 0.3) is 11.8 Å². The van der Waals surface area contributed by atoms with E-state index in [1.54, 1.807) is 35.8 Å². The Bertz CT molecular complexity index is 1850. The van der Waals surface area contributed by atoms with Gasteiger partial charge in [0.1, 0.15) is 12.4 Å². The van der Waals surface area contributed by atoms with E-state index < -0.39 is 12.0 Å². The number of nitrogens with zero attached hydrogens (tertiary/aromatic N) is 2. The number of hydrogen-bond acceptors (Lipinski definition) is 6. The highest BCUT2D eigenvalue weighted by molar-refractivity contribution is 14.1. The minimum atomic E-state index is -0.779. The number of hydrogen-bond donors (Lipinski definition) is 0. The number of esters is 1. The summed E-state index contributed by atoms with van der Waals surface area (Å²) in [7, 11) is 0. The minimum absolute atomic E-state index is 0.178. The third-order valence-corrected chi connectivity index (χ3v) is 8.72. The monoisotopic (exact) mass is 760 g/mol. The van der Waals surface area contributed by atoms with Crippen LogP contribution in [0.15, 0.2) is 99.2 Å². The zero-order chi connectivity index (χ0) is 29.1. The van der Waals surface area contributed by atoms with Gasteiger partial charge in [0.15, 0.2) is 4.80 Å². The SMILES string of the molecule is C=CCOc1c(I)cc(Br)cc1/C=c1\sc2n(c1=O)[C@@H](c1ccc(Cl)cc1)C(C(=O)OCC)=C(c1ccccc1)N=2. The summed E-state index contributed by atoms with van der Waals surface area (Å²) in [6.45, 7) is 5.99. The van der Waals surface area contributed by atoms with Crippen LogP contribution >= 0.6 is 61.5 Å². The molecule has 6 nitrogen and oxygen atoms in total. The van der Waals surface area contributed by atoms with Crippen molar-refractivity contribution >= 4 is 79.2 Å². The molecule has 1 aliphatic rings. The summed E-state index contributed by atoms with van der Waals surface area (Å²) < 4.78 is 15.2. The van der Waals surface area contributed by atoms with Crippen LogP contribution in [0, 0.1) is 3.57 Å². The highest BCUT2D eigenvalue weighted by atomic mass is 127. The van der Waals surface area contributed by atoms with E-state index in [-0.39, 0.29) is 17.7 Å². The molecule has 0 spiro atoms. The molecule has 10 heteroatoms. The number of carbonyl (C=O) groups excluding carboxylic acids is 1. The van der Waals surface area contributed by atoms with Gasteiger partial charge in [-0.2, -0.15) is 0 Å². The molecule has 4 aromatic rings. The van der Waals surface area contributed by atoms with Crippen molar-refractivity contribution in [2.75, 3.05) is 13.2 Å². The van der Waals surface area contributed by atoms with E-state index in [1.165, 1.54) is 11.3 Å². The zero-order valence-corrected chi connectivity index (χ0v) is 27.1. The Kier molecular flexibility index (Phi) is 9.28. The first-order valence-electron chi connectivity index (χ1n) is 12.6. The standard InChI is InChI=1S/C31H23BrClIN2O4S/c1-3-14-40-28-20(15-21(32)17-23(28)34)16-24-29(37)36-27(19-10-12-22(33)13-11-19)25(30(38)39-4-2)26(35-31(36)41-24)18-8-6-5-7-9-18/h3,5-13,15-17,27H,1,4,14H2,2H3/b24-16-/t27-/m0/s1. The Morgan fingerprint density at radius 1 is 1.20 bits per heavy atom. The number of benzene rings is 3. The average Bonchev–Trinajstić information content (AvgIpc) is 3.27. The van der Waals surface area contributed by atoms with E-state index in [0.717, 1.165) is 19.2 Å². The highest BCUT2D eigenvalue weighted by Gasteiger charge is 2.35. The highest BCUT2D eigenvalue weighted by Crippen LogP contribution is 2.36. The lowest BCUT2D eigenvalue weighted by Gasteiger charge is -2.26. The van der Waals surface area contributed by atoms with Crippen LogP contribution in [0.3, 0.4) is 0 Å². The molecule has 1 aromatic heterocycles. The predicted octanol–water partition coefficient (Wildman–Crippen LogP) is 6.52. The fourth-order valence-electron chi connectivity index (χ4n) is 4.52. The lowest BCUT2D eigenvalue weighted by Crippen LogP contribution is -2.40. The van der Waals surface area contributed by atoms with E-state index >= 15 is 0 Å². The molecule has 0 saturated heterocycles. The van der Waals surface area contributed by atoms with Gasteiger partial charge in [0.2, 0.25) is 0 Å². The fourth-order valence-corrected chi connectivity index (χ4v) is 7.35. The molecule has 3 aromatic carbocycles. The van der Waals surface area contributed by atoms with Crippen LogP contribution in [0.2, 0.25) is 5.02 Å². The van der Waals surface area contributed by atoms with Crippen molar-refractivity contribution in [3.8, 4) is 5.75 Å². The summed E-state index contributed by atoms with van der Waals surface area (Å²) in [6.07, 6.45) is 3.47. The smallest absolute Gasteiger partial charge is 0.338 e. The first kappa shape index (κ1) is 29.5. The first-order valence-corrected chi connectivity index (χ1v) is 15.7. The van der Waals surface area contributed by atoms with Gasteiger partial charge in [0.05, 0.1) is 32.0 Å². The van der Waals surface area contributed by atoms with Gasteiger partial charge in [-0.3, -0.25) is 9.36 Å². The van der Waals surface area contributed by atoms with Crippen LogP contribution in [0.4, 0.5) is 0 Å². The molecule has 0 unspecified atom stereocenters.